The first-order valence-electron chi connectivity index (χ1n) is 8.02. The van der Waals surface area contributed by atoms with Gasteiger partial charge in [-0.2, -0.15) is 5.10 Å². The van der Waals surface area contributed by atoms with Crippen LogP contribution in [-0.2, 0) is 24.6 Å². The van der Waals surface area contributed by atoms with Crippen LogP contribution >= 0.6 is 0 Å². The molecule has 1 aliphatic carbocycles. The van der Waals surface area contributed by atoms with Gasteiger partial charge in [0.1, 0.15) is 0 Å². The van der Waals surface area contributed by atoms with Gasteiger partial charge >= 0.3 is 0 Å². The minimum absolute atomic E-state index is 0.0582. The molecule has 114 valence electrons. The van der Waals surface area contributed by atoms with Crippen molar-refractivity contribution in [3.05, 3.63) is 17.5 Å². The van der Waals surface area contributed by atoms with E-state index in [9.17, 15) is 0 Å². The molecule has 1 aromatic rings. The van der Waals surface area contributed by atoms with E-state index in [-0.39, 0.29) is 11.6 Å². The third-order valence-electron chi connectivity index (χ3n) is 4.63. The lowest BCUT2D eigenvalue weighted by molar-refractivity contribution is -0.0820. The maximum atomic E-state index is 6.56. The van der Waals surface area contributed by atoms with E-state index >= 15 is 0 Å². The highest BCUT2D eigenvalue weighted by Gasteiger charge is 2.38. The Morgan fingerprint density at radius 3 is 2.60 bits per heavy atom. The molecule has 2 N–H and O–H groups in total. The summed E-state index contributed by atoms with van der Waals surface area (Å²) in [6.45, 7) is 4.95. The van der Waals surface area contributed by atoms with E-state index in [1.54, 1.807) is 0 Å². The molecular weight excluding hydrogens is 250 g/mol. The molecule has 1 aliphatic rings. The lowest BCUT2D eigenvalue weighted by atomic mass is 9.78. The van der Waals surface area contributed by atoms with Crippen molar-refractivity contribution in [2.75, 3.05) is 6.61 Å². The second-order valence-electron chi connectivity index (χ2n) is 5.97. The van der Waals surface area contributed by atoms with E-state index in [1.807, 2.05) is 11.7 Å². The summed E-state index contributed by atoms with van der Waals surface area (Å²) in [6, 6.07) is 2.24. The van der Waals surface area contributed by atoms with Gasteiger partial charge in [0, 0.05) is 31.8 Å². The van der Waals surface area contributed by atoms with Crippen molar-refractivity contribution in [1.82, 2.24) is 9.78 Å². The molecule has 0 bridgehead atoms. The predicted octanol–water partition coefficient (Wildman–Crippen LogP) is 2.59. The molecule has 4 nitrogen and oxygen atoms in total. The van der Waals surface area contributed by atoms with Gasteiger partial charge in [-0.1, -0.05) is 26.2 Å². The van der Waals surface area contributed by atoms with Gasteiger partial charge in [-0.05, 0) is 32.3 Å². The van der Waals surface area contributed by atoms with E-state index in [1.165, 1.54) is 25.0 Å². The van der Waals surface area contributed by atoms with Gasteiger partial charge in [-0.3, -0.25) is 4.68 Å². The van der Waals surface area contributed by atoms with E-state index in [0.717, 1.165) is 38.0 Å². The summed E-state index contributed by atoms with van der Waals surface area (Å²) in [6.07, 6.45) is 7.80. The molecule has 0 amide bonds. The van der Waals surface area contributed by atoms with Crippen LogP contribution in [-0.4, -0.2) is 28.0 Å². The van der Waals surface area contributed by atoms with Crippen LogP contribution in [0.15, 0.2) is 6.07 Å². The van der Waals surface area contributed by atoms with Crippen molar-refractivity contribution >= 4 is 0 Å². The molecular formula is C16H29N3O. The Kier molecular flexibility index (Phi) is 5.22. The summed E-state index contributed by atoms with van der Waals surface area (Å²) in [5, 5.41) is 4.52. The standard InChI is InChI=1S/C16H29N3O/c1-4-13-11-14(19(3)18-13)12-15(17)16(20-5-2)9-7-6-8-10-16/h11,15H,4-10,12,17H2,1-3H3. The van der Waals surface area contributed by atoms with Crippen molar-refractivity contribution in [1.29, 1.82) is 0 Å². The fourth-order valence-corrected chi connectivity index (χ4v) is 3.41. The topological polar surface area (TPSA) is 53.1 Å². The van der Waals surface area contributed by atoms with Crippen LogP contribution in [0, 0.1) is 0 Å². The third kappa shape index (κ3) is 3.23. The van der Waals surface area contributed by atoms with Gasteiger partial charge in [-0.15, -0.1) is 0 Å². The molecule has 1 unspecified atom stereocenters. The van der Waals surface area contributed by atoms with Crippen LogP contribution in [0.4, 0.5) is 0 Å². The predicted molar refractivity (Wildman–Crippen MR) is 81.7 cm³/mol. The monoisotopic (exact) mass is 279 g/mol. The zero-order valence-corrected chi connectivity index (χ0v) is 13.2. The Labute approximate surface area is 122 Å². The molecule has 0 aliphatic heterocycles. The second kappa shape index (κ2) is 6.72. The number of aryl methyl sites for hydroxylation is 2. The number of hydrogen-bond donors (Lipinski definition) is 1. The third-order valence-corrected chi connectivity index (χ3v) is 4.63. The lowest BCUT2D eigenvalue weighted by Crippen LogP contribution is -2.52. The van der Waals surface area contributed by atoms with E-state index in [2.05, 4.69) is 25.0 Å². The molecule has 1 fully saturated rings. The molecule has 1 saturated carbocycles. The average Bonchev–Trinajstić information content (AvgIpc) is 2.81. The molecule has 2 rings (SSSR count). The number of hydrogen-bond acceptors (Lipinski definition) is 3. The Morgan fingerprint density at radius 1 is 1.35 bits per heavy atom. The summed E-state index contributed by atoms with van der Waals surface area (Å²) in [5.74, 6) is 0. The average molecular weight is 279 g/mol. The smallest absolute Gasteiger partial charge is 0.0836 e. The van der Waals surface area contributed by atoms with Gasteiger partial charge < -0.3 is 10.5 Å². The quantitative estimate of drug-likeness (QED) is 0.871. The second-order valence-corrected chi connectivity index (χ2v) is 5.97. The summed E-state index contributed by atoms with van der Waals surface area (Å²) in [7, 11) is 2.01. The van der Waals surface area contributed by atoms with Crippen molar-refractivity contribution < 1.29 is 4.74 Å². The van der Waals surface area contributed by atoms with Crippen LogP contribution in [0.1, 0.15) is 57.3 Å². The molecule has 0 spiro atoms. The maximum absolute atomic E-state index is 6.56. The van der Waals surface area contributed by atoms with E-state index in [0.29, 0.717) is 0 Å². The Balaban J connectivity index is 2.11. The lowest BCUT2D eigenvalue weighted by Gasteiger charge is -2.41. The van der Waals surface area contributed by atoms with Crippen LogP contribution in [0.2, 0.25) is 0 Å². The Bertz CT molecular complexity index is 416. The number of ether oxygens (including phenoxy) is 1. The van der Waals surface area contributed by atoms with Crippen molar-refractivity contribution in [2.24, 2.45) is 12.8 Å². The first-order chi connectivity index (χ1) is 9.61. The Morgan fingerprint density at radius 2 is 2.05 bits per heavy atom. The van der Waals surface area contributed by atoms with Gasteiger partial charge in [0.05, 0.1) is 11.3 Å². The summed E-state index contributed by atoms with van der Waals surface area (Å²) >= 11 is 0. The van der Waals surface area contributed by atoms with Gasteiger partial charge in [0.2, 0.25) is 0 Å². The number of rotatable bonds is 6. The minimum atomic E-state index is -0.121. The highest BCUT2D eigenvalue weighted by Crippen LogP contribution is 2.35. The molecule has 20 heavy (non-hydrogen) atoms. The number of nitrogens with zero attached hydrogens (tertiary/aromatic N) is 2. The Hall–Kier alpha value is -0.870. The first-order valence-corrected chi connectivity index (χ1v) is 8.02. The maximum Gasteiger partial charge on any atom is 0.0836 e. The van der Waals surface area contributed by atoms with Gasteiger partial charge in [0.25, 0.3) is 0 Å². The van der Waals surface area contributed by atoms with Gasteiger partial charge in [-0.25, -0.2) is 0 Å². The molecule has 1 heterocycles. The molecule has 1 aromatic heterocycles. The zero-order chi connectivity index (χ0) is 14.6. The highest BCUT2D eigenvalue weighted by molar-refractivity contribution is 5.13. The normalized spacial score (nSPS) is 20.0. The van der Waals surface area contributed by atoms with Crippen LogP contribution in [0.5, 0.6) is 0 Å². The molecule has 0 aromatic carbocycles. The molecule has 1 atom stereocenters. The van der Waals surface area contributed by atoms with Crippen molar-refractivity contribution in [3.8, 4) is 0 Å². The van der Waals surface area contributed by atoms with Crippen molar-refractivity contribution in [2.45, 2.75) is 70.4 Å². The van der Waals surface area contributed by atoms with Crippen molar-refractivity contribution in [3.63, 3.8) is 0 Å². The molecule has 0 saturated heterocycles. The summed E-state index contributed by atoms with van der Waals surface area (Å²) in [5.41, 5.74) is 8.80. The highest BCUT2D eigenvalue weighted by atomic mass is 16.5. The fourth-order valence-electron chi connectivity index (χ4n) is 3.41. The molecule has 0 radical (unpaired) electrons. The first kappa shape index (κ1) is 15.5. The summed E-state index contributed by atoms with van der Waals surface area (Å²) < 4.78 is 8.10. The van der Waals surface area contributed by atoms with Crippen LogP contribution in [0.3, 0.4) is 0 Å². The van der Waals surface area contributed by atoms with Crippen LogP contribution < -0.4 is 5.73 Å². The zero-order valence-electron chi connectivity index (χ0n) is 13.2. The molecule has 4 heteroatoms. The summed E-state index contributed by atoms with van der Waals surface area (Å²) in [4.78, 5) is 0. The van der Waals surface area contributed by atoms with E-state index < -0.39 is 0 Å². The number of nitrogens with two attached hydrogens (primary N) is 1. The SMILES string of the molecule is CCOC1(C(N)Cc2cc(CC)nn2C)CCCCC1. The van der Waals surface area contributed by atoms with E-state index in [4.69, 9.17) is 10.5 Å². The van der Waals surface area contributed by atoms with Crippen LogP contribution in [0.25, 0.3) is 0 Å². The minimum Gasteiger partial charge on any atom is -0.374 e. The largest absolute Gasteiger partial charge is 0.374 e. The van der Waals surface area contributed by atoms with Gasteiger partial charge in [0.15, 0.2) is 0 Å². The fraction of sp³-hybridized carbons (Fsp3) is 0.812. The number of aromatic nitrogens is 2.